The molecule has 0 bridgehead atoms. The molecule has 2 nitrogen and oxygen atoms in total. The van der Waals surface area contributed by atoms with Gasteiger partial charge in [-0.25, -0.2) is 0 Å². The number of nitrogens with one attached hydrogen (secondary N) is 2. The fourth-order valence-electron chi connectivity index (χ4n) is 3.22. The number of rotatable bonds is 1. The van der Waals surface area contributed by atoms with Crippen molar-refractivity contribution >= 4 is 5.69 Å². The van der Waals surface area contributed by atoms with E-state index in [1.54, 1.807) is 0 Å². The van der Waals surface area contributed by atoms with Crippen LogP contribution in [0.4, 0.5) is 5.69 Å². The first-order valence-electron chi connectivity index (χ1n) is 6.76. The van der Waals surface area contributed by atoms with Crippen molar-refractivity contribution in [3.05, 3.63) is 78.0 Å². The molecule has 0 fully saturated rings. The minimum atomic E-state index is 0.340. The summed E-state index contributed by atoms with van der Waals surface area (Å²) >= 11 is 0. The molecular weight excluding hydrogens is 232 g/mol. The van der Waals surface area contributed by atoms with Crippen LogP contribution < -0.4 is 10.6 Å². The first-order chi connectivity index (χ1) is 9.43. The highest BCUT2D eigenvalue weighted by Crippen LogP contribution is 2.45. The van der Waals surface area contributed by atoms with Gasteiger partial charge in [-0.05, 0) is 23.4 Å². The summed E-state index contributed by atoms with van der Waals surface area (Å²) in [6, 6.07) is 20.0. The number of anilines is 1. The summed E-state index contributed by atoms with van der Waals surface area (Å²) in [5.74, 6) is 0.470. The average Bonchev–Trinajstić information content (AvgIpc) is 2.97. The molecule has 2 heterocycles. The predicted molar refractivity (Wildman–Crippen MR) is 77.8 cm³/mol. The van der Waals surface area contributed by atoms with Gasteiger partial charge in [0.05, 0.1) is 12.1 Å². The van der Waals surface area contributed by atoms with E-state index in [-0.39, 0.29) is 0 Å². The third-order valence-electron chi connectivity index (χ3n) is 4.13. The van der Waals surface area contributed by atoms with E-state index in [1.807, 2.05) is 0 Å². The molecule has 2 N–H and O–H groups in total. The number of fused-ring (bicyclic) bond motifs is 3. The second kappa shape index (κ2) is 4.16. The van der Waals surface area contributed by atoms with Gasteiger partial charge in [0.25, 0.3) is 0 Å². The van der Waals surface area contributed by atoms with Crippen LogP contribution >= 0.6 is 0 Å². The molecule has 3 atom stereocenters. The molecule has 2 aliphatic rings. The maximum Gasteiger partial charge on any atom is 0.0614 e. The lowest BCUT2D eigenvalue weighted by Crippen LogP contribution is -2.32. The zero-order valence-electron chi connectivity index (χ0n) is 10.6. The molecular formula is C17H16N2. The Labute approximate surface area is 113 Å². The van der Waals surface area contributed by atoms with Crippen molar-refractivity contribution in [1.82, 2.24) is 5.32 Å². The van der Waals surface area contributed by atoms with Crippen LogP contribution in [0.3, 0.4) is 0 Å². The van der Waals surface area contributed by atoms with Crippen molar-refractivity contribution in [3.8, 4) is 0 Å². The molecule has 4 rings (SSSR count). The van der Waals surface area contributed by atoms with Crippen molar-refractivity contribution in [2.45, 2.75) is 12.1 Å². The standard InChI is InChI=1S/C17H16N2/c1-2-6-12(7-3-1)16-14-10-11-18-17(14)13-8-4-5-9-15(13)19-16/h1-11,14,16-19H/t14-,16+,17+/m1/s1. The summed E-state index contributed by atoms with van der Waals surface area (Å²) in [6.45, 7) is 0. The number of benzene rings is 2. The second-order valence-corrected chi connectivity index (χ2v) is 5.20. The second-order valence-electron chi connectivity index (χ2n) is 5.20. The van der Waals surface area contributed by atoms with Crippen LogP contribution in [-0.2, 0) is 0 Å². The van der Waals surface area contributed by atoms with Crippen LogP contribution in [0.15, 0.2) is 66.9 Å². The summed E-state index contributed by atoms with van der Waals surface area (Å²) in [6.07, 6.45) is 4.38. The topological polar surface area (TPSA) is 24.1 Å². The molecule has 0 aromatic heterocycles. The maximum absolute atomic E-state index is 3.69. The molecule has 19 heavy (non-hydrogen) atoms. The Hall–Kier alpha value is -2.22. The molecule has 2 heteroatoms. The summed E-state index contributed by atoms with van der Waals surface area (Å²) in [7, 11) is 0. The van der Waals surface area contributed by atoms with Crippen molar-refractivity contribution in [1.29, 1.82) is 0 Å². The number of hydrogen-bond donors (Lipinski definition) is 2. The van der Waals surface area contributed by atoms with Gasteiger partial charge in [0.15, 0.2) is 0 Å². The van der Waals surface area contributed by atoms with Crippen LogP contribution in [0.1, 0.15) is 23.2 Å². The molecule has 0 amide bonds. The third-order valence-corrected chi connectivity index (χ3v) is 4.13. The van der Waals surface area contributed by atoms with Gasteiger partial charge in [-0.3, -0.25) is 0 Å². The van der Waals surface area contributed by atoms with Gasteiger partial charge in [0, 0.05) is 11.6 Å². The lowest BCUT2D eigenvalue weighted by atomic mass is 9.81. The molecule has 0 radical (unpaired) electrons. The van der Waals surface area contributed by atoms with Crippen LogP contribution in [0.5, 0.6) is 0 Å². The van der Waals surface area contributed by atoms with Crippen molar-refractivity contribution in [3.63, 3.8) is 0 Å². The molecule has 0 saturated heterocycles. The van der Waals surface area contributed by atoms with E-state index in [2.05, 4.69) is 77.5 Å². The van der Waals surface area contributed by atoms with Gasteiger partial charge in [0.2, 0.25) is 0 Å². The Bertz CT molecular complexity index is 618. The van der Waals surface area contributed by atoms with Crippen LogP contribution in [0.2, 0.25) is 0 Å². The Kier molecular flexibility index (Phi) is 2.34. The number of hydrogen-bond acceptors (Lipinski definition) is 2. The van der Waals surface area contributed by atoms with Gasteiger partial charge in [0.1, 0.15) is 0 Å². The largest absolute Gasteiger partial charge is 0.384 e. The Morgan fingerprint density at radius 1 is 0.789 bits per heavy atom. The van der Waals surface area contributed by atoms with Crippen LogP contribution in [-0.4, -0.2) is 0 Å². The molecule has 0 saturated carbocycles. The minimum Gasteiger partial charge on any atom is -0.384 e. The molecule has 2 aliphatic heterocycles. The monoisotopic (exact) mass is 248 g/mol. The van der Waals surface area contributed by atoms with Gasteiger partial charge in [-0.15, -0.1) is 0 Å². The van der Waals surface area contributed by atoms with E-state index in [4.69, 9.17) is 0 Å². The first-order valence-corrected chi connectivity index (χ1v) is 6.76. The van der Waals surface area contributed by atoms with Crippen molar-refractivity contribution < 1.29 is 0 Å². The van der Waals surface area contributed by atoms with Gasteiger partial charge in [-0.1, -0.05) is 54.6 Å². The van der Waals surface area contributed by atoms with Gasteiger partial charge < -0.3 is 10.6 Å². The fraction of sp³-hybridized carbons (Fsp3) is 0.176. The average molecular weight is 248 g/mol. The lowest BCUT2D eigenvalue weighted by Gasteiger charge is -2.37. The molecule has 0 aliphatic carbocycles. The summed E-state index contributed by atoms with van der Waals surface area (Å²) < 4.78 is 0. The highest BCUT2D eigenvalue weighted by Gasteiger charge is 2.37. The quantitative estimate of drug-likeness (QED) is 0.805. The highest BCUT2D eigenvalue weighted by molar-refractivity contribution is 5.58. The zero-order chi connectivity index (χ0) is 12.7. The van der Waals surface area contributed by atoms with Crippen molar-refractivity contribution in [2.75, 3.05) is 5.32 Å². The van der Waals surface area contributed by atoms with Crippen LogP contribution in [0.25, 0.3) is 0 Å². The first kappa shape index (κ1) is 10.7. The molecule has 0 spiro atoms. The minimum absolute atomic E-state index is 0.340. The summed E-state index contributed by atoms with van der Waals surface area (Å²) in [4.78, 5) is 0. The Balaban J connectivity index is 1.81. The van der Waals surface area contributed by atoms with E-state index in [1.165, 1.54) is 16.8 Å². The highest BCUT2D eigenvalue weighted by atomic mass is 15.0. The van der Waals surface area contributed by atoms with Gasteiger partial charge in [-0.2, -0.15) is 0 Å². The number of para-hydroxylation sites is 1. The predicted octanol–water partition coefficient (Wildman–Crippen LogP) is 3.63. The molecule has 94 valence electrons. The van der Waals surface area contributed by atoms with Crippen molar-refractivity contribution in [2.24, 2.45) is 5.92 Å². The van der Waals surface area contributed by atoms with E-state index in [0.717, 1.165) is 0 Å². The van der Waals surface area contributed by atoms with E-state index >= 15 is 0 Å². The lowest BCUT2D eigenvalue weighted by molar-refractivity contribution is 0.430. The maximum atomic E-state index is 3.69. The normalized spacial score (nSPS) is 27.1. The SMILES string of the molecule is C1=C[C@@H]2[C@H](c3ccccc3)Nc3ccccc3[C@@H]2N1. The smallest absolute Gasteiger partial charge is 0.0614 e. The van der Waals surface area contributed by atoms with Gasteiger partial charge >= 0.3 is 0 Å². The zero-order valence-corrected chi connectivity index (χ0v) is 10.6. The van der Waals surface area contributed by atoms with E-state index in [9.17, 15) is 0 Å². The fourth-order valence-corrected chi connectivity index (χ4v) is 3.22. The summed E-state index contributed by atoms with van der Waals surface area (Å²) in [5.41, 5.74) is 3.96. The third kappa shape index (κ3) is 1.64. The Morgan fingerprint density at radius 2 is 1.58 bits per heavy atom. The summed E-state index contributed by atoms with van der Waals surface area (Å²) in [5, 5.41) is 7.19. The molecule has 0 unspecified atom stereocenters. The van der Waals surface area contributed by atoms with E-state index in [0.29, 0.717) is 18.0 Å². The Morgan fingerprint density at radius 3 is 2.47 bits per heavy atom. The molecule has 2 aromatic carbocycles. The van der Waals surface area contributed by atoms with E-state index < -0.39 is 0 Å². The van der Waals surface area contributed by atoms with Crippen LogP contribution in [0, 0.1) is 5.92 Å². The molecule has 2 aromatic rings.